The van der Waals surface area contributed by atoms with Crippen LogP contribution in [0.1, 0.15) is 52.0 Å². The lowest BCUT2D eigenvalue weighted by molar-refractivity contribution is -0.387. The summed E-state index contributed by atoms with van der Waals surface area (Å²) < 4.78 is 65.4. The third-order valence-electron chi connectivity index (χ3n) is 11.2. The second-order valence-electron chi connectivity index (χ2n) is 15.9. The minimum absolute atomic E-state index is 0.0264. The monoisotopic (exact) mass is 962 g/mol. The first-order valence-electron chi connectivity index (χ1n) is 20.9. The van der Waals surface area contributed by atoms with Gasteiger partial charge in [0, 0.05) is 73.3 Å². The molecule has 1 aliphatic carbocycles. The van der Waals surface area contributed by atoms with E-state index in [-0.39, 0.29) is 36.4 Å². The number of anilines is 1. The third kappa shape index (κ3) is 12.8. The fourth-order valence-corrected chi connectivity index (χ4v) is 8.88. The number of benzene rings is 1. The predicted molar refractivity (Wildman–Crippen MR) is 232 cm³/mol. The number of methoxy groups -OCH3 is 1. The highest BCUT2D eigenvalue weighted by atomic mass is 32.2. The van der Waals surface area contributed by atoms with Crippen LogP contribution >= 0.6 is 0 Å². The van der Waals surface area contributed by atoms with Gasteiger partial charge >= 0.3 is 41.7 Å². The number of esters is 4. The Morgan fingerprint density at radius 3 is 2.13 bits per heavy atom. The van der Waals surface area contributed by atoms with Crippen molar-refractivity contribution in [3.05, 3.63) is 52.5 Å². The van der Waals surface area contributed by atoms with Gasteiger partial charge in [-0.05, 0) is 56.3 Å². The standard InChI is InChI=1S/C41H54N8O17S/c1-23(50)62-32-33(63-24(2)51)35(64-25(3)52)39(66-34(32)38(53)60-8)65-31-14-11-27(19-30(31)49(56)57)20-61-41(55)46(6)18-17-45(5)40(54)48-16-15-29-36(43-22-44-37(29)48)47(7)28-12-9-26(10-13-28)21-67(58,59)42-4/h11,14-16,19,22,26,28,32-35,39,42H,9-10,12-13,17-18,20-21H2,1-8H3/t26-,28-,32-,33-,34-,35+,39+/m0/s1. The molecule has 1 aromatic carbocycles. The van der Waals surface area contributed by atoms with Gasteiger partial charge in [0.2, 0.25) is 22.4 Å². The van der Waals surface area contributed by atoms with E-state index in [1.165, 1.54) is 40.9 Å². The molecule has 26 heteroatoms. The number of ether oxygens (including phenoxy) is 7. The number of likely N-dealkylation sites (N-methyl/N-ethyl adjacent to an activating group) is 2. The fourth-order valence-electron chi connectivity index (χ4n) is 7.76. The summed E-state index contributed by atoms with van der Waals surface area (Å²) in [5, 5.41) is 12.9. The molecule has 1 saturated carbocycles. The summed E-state index contributed by atoms with van der Waals surface area (Å²) in [6.07, 6.45) is -3.62. The van der Waals surface area contributed by atoms with Crippen molar-refractivity contribution in [3.8, 4) is 5.75 Å². The van der Waals surface area contributed by atoms with E-state index >= 15 is 0 Å². The normalized spacial score (nSPS) is 21.6. The van der Waals surface area contributed by atoms with Gasteiger partial charge in [-0.1, -0.05) is 6.07 Å². The second-order valence-corrected chi connectivity index (χ2v) is 17.9. The van der Waals surface area contributed by atoms with Crippen LogP contribution in [-0.2, 0) is 64.2 Å². The molecule has 67 heavy (non-hydrogen) atoms. The SMILES string of the molecule is CNS(=O)(=O)C[C@H]1CC[C@H](N(C)c2ncnc3c2ccn3C(=O)N(C)CCN(C)C(=O)OCc2ccc(O[C@@H]3O[C@H](C(=O)OC)[C@@H](OC(C)=O)[C@H](OC(C)=O)[C@H]3OC(C)=O)c([N+](=O)[O-])c2)CC1. The number of nitro groups is 1. The highest BCUT2D eigenvalue weighted by molar-refractivity contribution is 7.89. The van der Waals surface area contributed by atoms with Crippen molar-refractivity contribution in [1.82, 2.24) is 29.1 Å². The topological polar surface area (TPSA) is 297 Å². The maximum atomic E-state index is 13.6. The van der Waals surface area contributed by atoms with Crippen molar-refractivity contribution in [2.24, 2.45) is 5.92 Å². The molecule has 1 N–H and O–H groups in total. The number of nitrogens with one attached hydrogen (secondary N) is 1. The maximum Gasteiger partial charge on any atom is 0.409 e. The number of rotatable bonds is 17. The molecule has 2 aromatic heterocycles. The lowest BCUT2D eigenvalue weighted by atomic mass is 9.86. The molecule has 1 aliphatic heterocycles. The van der Waals surface area contributed by atoms with Gasteiger partial charge in [-0.25, -0.2) is 37.5 Å². The van der Waals surface area contributed by atoms with Crippen LogP contribution in [0, 0.1) is 16.0 Å². The molecule has 0 spiro atoms. The van der Waals surface area contributed by atoms with Gasteiger partial charge in [0.1, 0.15) is 18.8 Å². The zero-order valence-electron chi connectivity index (χ0n) is 38.1. The van der Waals surface area contributed by atoms with Gasteiger partial charge in [-0.15, -0.1) is 0 Å². The smallest absolute Gasteiger partial charge is 0.409 e. The van der Waals surface area contributed by atoms with E-state index in [9.17, 15) is 47.3 Å². The molecule has 1 saturated heterocycles. The van der Waals surface area contributed by atoms with Crippen molar-refractivity contribution in [3.63, 3.8) is 0 Å². The molecule has 3 aromatic rings. The molecule has 366 valence electrons. The number of aromatic nitrogens is 3. The summed E-state index contributed by atoms with van der Waals surface area (Å²) in [6, 6.07) is 4.93. The van der Waals surface area contributed by atoms with Crippen molar-refractivity contribution >= 4 is 68.6 Å². The number of hydrogen-bond donors (Lipinski definition) is 1. The molecule has 3 heterocycles. The predicted octanol–water partition coefficient (Wildman–Crippen LogP) is 2.12. The highest BCUT2D eigenvalue weighted by Crippen LogP contribution is 2.36. The summed E-state index contributed by atoms with van der Waals surface area (Å²) in [6.45, 7) is 2.66. The summed E-state index contributed by atoms with van der Waals surface area (Å²) >= 11 is 0. The first kappa shape index (κ1) is 51.3. The van der Waals surface area contributed by atoms with Crippen LogP contribution in [0.3, 0.4) is 0 Å². The number of sulfonamides is 1. The Bertz CT molecular complexity index is 2440. The van der Waals surface area contributed by atoms with Crippen molar-refractivity contribution in [2.75, 3.05) is 59.0 Å². The number of nitro benzene ring substituents is 1. The average molecular weight is 963 g/mol. The van der Waals surface area contributed by atoms with Crippen LogP contribution in [0.2, 0.25) is 0 Å². The number of carbonyl (C=O) groups is 6. The number of fused-ring (bicyclic) bond motifs is 1. The molecule has 0 bridgehead atoms. The molecule has 2 fully saturated rings. The Morgan fingerprint density at radius 1 is 0.896 bits per heavy atom. The Kier molecular flexibility index (Phi) is 17.0. The Morgan fingerprint density at radius 2 is 1.52 bits per heavy atom. The molecular weight excluding hydrogens is 909 g/mol. The number of nitrogens with zero attached hydrogens (tertiary/aromatic N) is 7. The third-order valence-corrected chi connectivity index (χ3v) is 12.7. The van der Waals surface area contributed by atoms with E-state index in [0.29, 0.717) is 16.9 Å². The molecule has 25 nitrogen and oxygen atoms in total. The van der Waals surface area contributed by atoms with Gasteiger partial charge < -0.3 is 47.9 Å². The lowest BCUT2D eigenvalue weighted by Gasteiger charge is -2.42. The quantitative estimate of drug-likeness (QED) is 0.0877. The number of carbonyl (C=O) groups excluding carboxylic acids is 6. The molecule has 0 unspecified atom stereocenters. The first-order chi connectivity index (χ1) is 31.6. The van der Waals surface area contributed by atoms with Crippen LogP contribution in [-0.4, -0.2) is 165 Å². The molecule has 0 radical (unpaired) electrons. The zero-order chi connectivity index (χ0) is 49.3. The van der Waals surface area contributed by atoms with Gasteiger partial charge in [0.05, 0.1) is 23.2 Å². The highest BCUT2D eigenvalue weighted by Gasteiger charge is 2.56. The van der Waals surface area contributed by atoms with Crippen molar-refractivity contribution < 1.29 is 75.3 Å². The lowest BCUT2D eigenvalue weighted by Crippen LogP contribution is -2.64. The largest absolute Gasteiger partial charge is 0.467 e. The van der Waals surface area contributed by atoms with Crippen LogP contribution in [0.15, 0.2) is 36.8 Å². The van der Waals surface area contributed by atoms with Gasteiger partial charge in [-0.2, -0.15) is 0 Å². The van der Waals surface area contributed by atoms with E-state index in [4.69, 9.17) is 33.2 Å². The zero-order valence-corrected chi connectivity index (χ0v) is 39.0. The molecule has 5 atom stereocenters. The molecule has 2 aliphatic rings. The van der Waals surface area contributed by atoms with Gasteiger partial charge in [0.25, 0.3) is 0 Å². The first-order valence-corrected chi connectivity index (χ1v) is 22.6. The number of amides is 2. The van der Waals surface area contributed by atoms with Gasteiger partial charge in [-0.3, -0.25) is 29.1 Å². The maximum absolute atomic E-state index is 13.6. The van der Waals surface area contributed by atoms with E-state index in [1.807, 2.05) is 11.9 Å². The average Bonchev–Trinajstić information content (AvgIpc) is 3.72. The molecule has 5 rings (SSSR count). The fraction of sp³-hybridized carbons (Fsp3) is 0.561. The molecular formula is C41H54N8O17S. The van der Waals surface area contributed by atoms with E-state index in [1.54, 1.807) is 19.3 Å². The summed E-state index contributed by atoms with van der Waals surface area (Å²) in [5.41, 5.74) is -0.147. The van der Waals surface area contributed by atoms with Crippen molar-refractivity contribution in [1.29, 1.82) is 0 Å². The van der Waals surface area contributed by atoms with Gasteiger partial charge in [0.15, 0.2) is 29.7 Å². The summed E-state index contributed by atoms with van der Waals surface area (Å²) in [7, 11) is 4.00. The van der Waals surface area contributed by atoms with E-state index in [2.05, 4.69) is 14.7 Å². The Hall–Kier alpha value is -6.67. The van der Waals surface area contributed by atoms with Crippen LogP contribution in [0.4, 0.5) is 21.1 Å². The van der Waals surface area contributed by atoms with E-state index in [0.717, 1.165) is 65.7 Å². The van der Waals surface area contributed by atoms with Crippen LogP contribution < -0.4 is 14.4 Å². The summed E-state index contributed by atoms with van der Waals surface area (Å²) in [5.74, 6) is -3.59. The Labute approximate surface area is 385 Å². The Balaban J connectivity index is 1.20. The second kappa shape index (κ2) is 22.2. The molecule has 2 amide bonds. The summed E-state index contributed by atoms with van der Waals surface area (Å²) in [4.78, 5) is 101. The van der Waals surface area contributed by atoms with Crippen molar-refractivity contribution in [2.45, 2.75) is 89.8 Å². The van der Waals surface area contributed by atoms with Crippen LogP contribution in [0.25, 0.3) is 11.0 Å². The van der Waals surface area contributed by atoms with Crippen LogP contribution in [0.5, 0.6) is 5.75 Å². The minimum atomic E-state index is -3.31. The minimum Gasteiger partial charge on any atom is -0.467 e. The number of hydrogen-bond acceptors (Lipinski definition) is 20. The van der Waals surface area contributed by atoms with E-state index < -0.39 is 99.7 Å².